The Hall–Kier alpha value is -1.29. The maximum absolute atomic E-state index is 12.6. The van der Waals surface area contributed by atoms with Gasteiger partial charge in [0.25, 0.3) is 0 Å². The molecule has 2 nitrogen and oxygen atoms in total. The average molecular weight is 209 g/mol. The van der Waals surface area contributed by atoms with E-state index in [-0.39, 0.29) is 5.82 Å². The van der Waals surface area contributed by atoms with E-state index in [0.29, 0.717) is 0 Å². The Kier molecular flexibility index (Phi) is 2.54. The van der Waals surface area contributed by atoms with Crippen molar-refractivity contribution in [3.63, 3.8) is 0 Å². The average Bonchev–Trinajstić information content (AvgIpc) is 2.67. The molecule has 0 N–H and O–H groups in total. The summed E-state index contributed by atoms with van der Waals surface area (Å²) in [6.07, 6.45) is 1.91. The predicted molar refractivity (Wildman–Crippen MR) is 53.7 cm³/mol. The van der Waals surface area contributed by atoms with Crippen LogP contribution >= 0.6 is 11.8 Å². The maximum atomic E-state index is 12.6. The van der Waals surface area contributed by atoms with Gasteiger partial charge in [-0.05, 0) is 30.5 Å². The summed E-state index contributed by atoms with van der Waals surface area (Å²) in [6.45, 7) is 0. The van der Waals surface area contributed by atoms with E-state index in [1.165, 1.54) is 23.9 Å². The maximum Gasteiger partial charge on any atom is 0.193 e. The predicted octanol–water partition coefficient (Wildman–Crippen LogP) is 3.20. The molecule has 0 saturated heterocycles. The van der Waals surface area contributed by atoms with Crippen molar-refractivity contribution in [3.8, 4) is 11.3 Å². The van der Waals surface area contributed by atoms with Crippen molar-refractivity contribution in [3.05, 3.63) is 36.1 Å². The molecule has 0 aliphatic heterocycles. The van der Waals surface area contributed by atoms with Crippen molar-refractivity contribution in [2.45, 2.75) is 5.09 Å². The van der Waals surface area contributed by atoms with E-state index in [0.717, 1.165) is 16.3 Å². The molecule has 0 atom stereocenters. The minimum absolute atomic E-state index is 0.248. The third-order valence-corrected chi connectivity index (χ3v) is 2.42. The molecule has 0 aliphatic rings. The van der Waals surface area contributed by atoms with E-state index >= 15 is 0 Å². The second-order valence-electron chi connectivity index (χ2n) is 2.74. The molecule has 1 aromatic carbocycles. The van der Waals surface area contributed by atoms with Crippen molar-refractivity contribution in [1.29, 1.82) is 0 Å². The van der Waals surface area contributed by atoms with E-state index in [2.05, 4.69) is 5.16 Å². The van der Waals surface area contributed by atoms with Gasteiger partial charge in [-0.2, -0.15) is 0 Å². The number of thioether (sulfide) groups is 1. The Morgan fingerprint density at radius 3 is 2.57 bits per heavy atom. The van der Waals surface area contributed by atoms with Crippen molar-refractivity contribution in [1.82, 2.24) is 5.16 Å². The van der Waals surface area contributed by atoms with Gasteiger partial charge in [-0.1, -0.05) is 16.9 Å². The van der Waals surface area contributed by atoms with E-state index in [1.54, 1.807) is 12.1 Å². The van der Waals surface area contributed by atoms with Gasteiger partial charge in [-0.3, -0.25) is 0 Å². The van der Waals surface area contributed by atoms with Crippen LogP contribution in [0.25, 0.3) is 11.3 Å². The van der Waals surface area contributed by atoms with Crippen LogP contribution in [0.1, 0.15) is 0 Å². The Morgan fingerprint density at radius 2 is 2.00 bits per heavy atom. The lowest BCUT2D eigenvalue weighted by Crippen LogP contribution is -1.77. The molecule has 2 aromatic rings. The summed E-state index contributed by atoms with van der Waals surface area (Å²) in [5.41, 5.74) is 1.59. The minimum Gasteiger partial charge on any atom is -0.349 e. The second kappa shape index (κ2) is 3.84. The van der Waals surface area contributed by atoms with E-state index in [1.807, 2.05) is 12.3 Å². The number of hydrogen-bond donors (Lipinski definition) is 0. The van der Waals surface area contributed by atoms with Crippen LogP contribution in [0.4, 0.5) is 4.39 Å². The summed E-state index contributed by atoms with van der Waals surface area (Å²) in [5, 5.41) is 4.62. The molecule has 4 heteroatoms. The zero-order valence-electron chi connectivity index (χ0n) is 7.53. The fraction of sp³-hybridized carbons (Fsp3) is 0.100. The lowest BCUT2D eigenvalue weighted by Gasteiger charge is -1.93. The van der Waals surface area contributed by atoms with Gasteiger partial charge in [-0.25, -0.2) is 4.39 Å². The Bertz CT molecular complexity index is 424. The van der Waals surface area contributed by atoms with Gasteiger partial charge in [0, 0.05) is 11.6 Å². The molecule has 0 fully saturated rings. The van der Waals surface area contributed by atoms with Crippen LogP contribution in [-0.2, 0) is 0 Å². The number of benzene rings is 1. The zero-order valence-corrected chi connectivity index (χ0v) is 8.34. The summed E-state index contributed by atoms with van der Waals surface area (Å²) in [7, 11) is 0. The molecule has 1 heterocycles. The Labute approximate surface area is 85.1 Å². The van der Waals surface area contributed by atoms with E-state index < -0.39 is 0 Å². The molecular weight excluding hydrogens is 201 g/mol. The molecule has 0 aliphatic carbocycles. The van der Waals surface area contributed by atoms with Crippen molar-refractivity contribution >= 4 is 11.8 Å². The van der Waals surface area contributed by atoms with Gasteiger partial charge < -0.3 is 4.52 Å². The lowest BCUT2D eigenvalue weighted by molar-refractivity contribution is 0.352. The number of aromatic nitrogens is 1. The first-order valence-corrected chi connectivity index (χ1v) is 5.29. The number of nitrogens with zero attached hydrogens (tertiary/aromatic N) is 1. The highest BCUT2D eigenvalue weighted by Crippen LogP contribution is 2.23. The largest absolute Gasteiger partial charge is 0.349 e. The van der Waals surface area contributed by atoms with Gasteiger partial charge in [0.05, 0.1) is 0 Å². The highest BCUT2D eigenvalue weighted by atomic mass is 32.2. The SMILES string of the molecule is CSc1cc(-c2ccc(F)cc2)no1. The molecule has 14 heavy (non-hydrogen) atoms. The molecule has 2 rings (SSSR count). The monoisotopic (exact) mass is 209 g/mol. The van der Waals surface area contributed by atoms with Crippen LogP contribution in [0.2, 0.25) is 0 Å². The smallest absolute Gasteiger partial charge is 0.193 e. The summed E-state index contributed by atoms with van der Waals surface area (Å²) in [4.78, 5) is 0. The topological polar surface area (TPSA) is 26.0 Å². The molecule has 72 valence electrons. The number of rotatable bonds is 2. The molecule has 0 bridgehead atoms. The third-order valence-electron chi connectivity index (χ3n) is 1.83. The molecular formula is C10H8FNOS. The van der Waals surface area contributed by atoms with Crippen molar-refractivity contribution in [2.75, 3.05) is 6.26 Å². The fourth-order valence-electron chi connectivity index (χ4n) is 1.11. The van der Waals surface area contributed by atoms with Crippen LogP contribution in [0.3, 0.4) is 0 Å². The lowest BCUT2D eigenvalue weighted by atomic mass is 10.1. The number of halogens is 1. The number of hydrogen-bond acceptors (Lipinski definition) is 3. The Balaban J connectivity index is 2.34. The van der Waals surface area contributed by atoms with E-state index in [4.69, 9.17) is 4.52 Å². The van der Waals surface area contributed by atoms with Gasteiger partial charge in [-0.15, -0.1) is 0 Å². The molecule has 1 aromatic heterocycles. The quantitative estimate of drug-likeness (QED) is 0.710. The first kappa shape index (κ1) is 9.27. The van der Waals surface area contributed by atoms with Crippen LogP contribution < -0.4 is 0 Å². The summed E-state index contributed by atoms with van der Waals surface area (Å²) >= 11 is 1.48. The molecule has 0 radical (unpaired) electrons. The van der Waals surface area contributed by atoms with Crippen LogP contribution in [0.15, 0.2) is 39.9 Å². The molecule has 0 saturated carbocycles. The van der Waals surface area contributed by atoms with Gasteiger partial charge >= 0.3 is 0 Å². The summed E-state index contributed by atoms with van der Waals surface area (Å²) in [6, 6.07) is 8.00. The highest BCUT2D eigenvalue weighted by molar-refractivity contribution is 7.98. The standard InChI is InChI=1S/C10H8FNOS/c1-14-10-6-9(12-13-10)7-2-4-8(11)5-3-7/h2-6H,1H3. The fourth-order valence-corrected chi connectivity index (χ4v) is 1.45. The van der Waals surface area contributed by atoms with Gasteiger partial charge in [0.15, 0.2) is 5.09 Å². The normalized spacial score (nSPS) is 10.4. The second-order valence-corrected chi connectivity index (χ2v) is 3.55. The van der Waals surface area contributed by atoms with Crippen molar-refractivity contribution < 1.29 is 8.91 Å². The summed E-state index contributed by atoms with van der Waals surface area (Å²) in [5.74, 6) is -0.248. The van der Waals surface area contributed by atoms with Crippen LogP contribution in [-0.4, -0.2) is 11.4 Å². The molecule has 0 amide bonds. The molecule has 0 spiro atoms. The van der Waals surface area contributed by atoms with Crippen LogP contribution in [0, 0.1) is 5.82 Å². The third kappa shape index (κ3) is 1.80. The van der Waals surface area contributed by atoms with Crippen LogP contribution in [0.5, 0.6) is 0 Å². The van der Waals surface area contributed by atoms with Gasteiger partial charge in [0.1, 0.15) is 11.5 Å². The van der Waals surface area contributed by atoms with Crippen molar-refractivity contribution in [2.24, 2.45) is 0 Å². The Morgan fingerprint density at radius 1 is 1.29 bits per heavy atom. The first-order chi connectivity index (χ1) is 6.79. The zero-order chi connectivity index (χ0) is 9.97. The summed E-state index contributed by atoms with van der Waals surface area (Å²) < 4.78 is 17.6. The first-order valence-electron chi connectivity index (χ1n) is 4.06. The van der Waals surface area contributed by atoms with E-state index in [9.17, 15) is 4.39 Å². The molecule has 0 unspecified atom stereocenters. The highest BCUT2D eigenvalue weighted by Gasteiger charge is 2.04. The van der Waals surface area contributed by atoms with Gasteiger partial charge in [0.2, 0.25) is 0 Å². The minimum atomic E-state index is -0.248.